The van der Waals surface area contributed by atoms with Crippen molar-refractivity contribution in [3.8, 4) is 0 Å². The van der Waals surface area contributed by atoms with Crippen molar-refractivity contribution in [3.63, 3.8) is 0 Å². The fraction of sp³-hybridized carbons (Fsp3) is 0.182. The number of likely N-dealkylation sites (N-methyl/N-ethyl adjacent to an activating group) is 1. The van der Waals surface area contributed by atoms with Gasteiger partial charge in [-0.15, -0.1) is 0 Å². The monoisotopic (exact) mass is 191 g/mol. The Bertz CT molecular complexity index is 368. The van der Waals surface area contributed by atoms with Crippen LogP contribution in [0.1, 0.15) is 5.56 Å². The van der Waals surface area contributed by atoms with Gasteiger partial charge in [0.05, 0.1) is 0 Å². The Balaban J connectivity index is 2.55. The molecule has 2 heteroatoms. The van der Waals surface area contributed by atoms with Crippen molar-refractivity contribution in [2.75, 3.05) is 13.6 Å². The number of rotatable bonds is 0. The lowest BCUT2D eigenvalue weighted by atomic mass is 10.2. The molecule has 13 heavy (non-hydrogen) atoms. The van der Waals surface area contributed by atoms with Crippen LogP contribution in [0.2, 0.25) is 0 Å². The van der Waals surface area contributed by atoms with Gasteiger partial charge in [-0.3, -0.25) is 4.31 Å². The molecule has 1 nitrogen and oxygen atoms in total. The molecule has 0 saturated carbocycles. The molecule has 0 saturated heterocycles. The Labute approximate surface area is 81.8 Å². The van der Waals surface area contributed by atoms with Gasteiger partial charge in [-0.05, 0) is 18.7 Å². The summed E-state index contributed by atoms with van der Waals surface area (Å²) in [6, 6.07) is 8.47. The number of benzene rings is 1. The maximum Gasteiger partial charge on any atom is 0.0268 e. The minimum absolute atomic E-state index is 0.00642. The molecule has 0 amide bonds. The summed E-state index contributed by atoms with van der Waals surface area (Å²) in [5.41, 5.74) is 1.31. The van der Waals surface area contributed by atoms with Gasteiger partial charge in [-0.2, -0.15) is 0 Å². The number of nitrogens with zero attached hydrogens (tertiary/aromatic N) is 1. The maximum absolute atomic E-state index is 4.19. The molecule has 1 atom stereocenters. The third-order valence-corrected chi connectivity index (χ3v) is 3.99. The first-order chi connectivity index (χ1) is 6.29. The highest BCUT2D eigenvalue weighted by molar-refractivity contribution is 8.12. The summed E-state index contributed by atoms with van der Waals surface area (Å²) < 4.78 is 2.27. The second-order valence-corrected chi connectivity index (χ2v) is 4.91. The van der Waals surface area contributed by atoms with Crippen LogP contribution in [0.5, 0.6) is 0 Å². The molecule has 0 radical (unpaired) electrons. The molecule has 68 valence electrons. The quantitative estimate of drug-likeness (QED) is 0.570. The average Bonchev–Trinajstić information content (AvgIpc) is 2.29. The van der Waals surface area contributed by atoms with E-state index in [2.05, 4.69) is 53.6 Å². The highest BCUT2D eigenvalue weighted by Gasteiger charge is 2.08. The number of hydrogen-bond acceptors (Lipinski definition) is 1. The van der Waals surface area contributed by atoms with E-state index in [1.165, 1.54) is 10.5 Å². The van der Waals surface area contributed by atoms with Crippen molar-refractivity contribution in [2.24, 2.45) is 0 Å². The largest absolute Gasteiger partial charge is 0.252 e. The van der Waals surface area contributed by atoms with E-state index in [-0.39, 0.29) is 10.7 Å². The molecule has 1 aromatic carbocycles. The zero-order valence-electron chi connectivity index (χ0n) is 7.73. The lowest BCUT2D eigenvalue weighted by Gasteiger charge is -2.18. The van der Waals surface area contributed by atoms with Crippen molar-refractivity contribution >= 4 is 22.6 Å². The normalized spacial score (nSPS) is 22.4. The Morgan fingerprint density at radius 1 is 1.38 bits per heavy atom. The molecule has 0 spiro atoms. The summed E-state index contributed by atoms with van der Waals surface area (Å²) in [7, 11) is 2.11. The minimum atomic E-state index is -0.00642. The van der Waals surface area contributed by atoms with Crippen molar-refractivity contribution < 1.29 is 0 Å². The summed E-state index contributed by atoms with van der Waals surface area (Å²) in [6.07, 6.45) is 4.38. The Morgan fingerprint density at radius 2 is 2.15 bits per heavy atom. The zero-order valence-corrected chi connectivity index (χ0v) is 8.55. The van der Waals surface area contributed by atoms with E-state index in [0.29, 0.717) is 0 Å². The van der Waals surface area contributed by atoms with Crippen LogP contribution in [0.25, 0.3) is 6.08 Å². The van der Waals surface area contributed by atoms with Crippen molar-refractivity contribution in [3.05, 3.63) is 35.9 Å². The molecule has 0 fully saturated rings. The van der Waals surface area contributed by atoms with Crippen LogP contribution in [0.3, 0.4) is 0 Å². The number of fused-ring (bicyclic) bond motifs is 1. The van der Waals surface area contributed by atoms with Gasteiger partial charge in [0.25, 0.3) is 0 Å². The summed E-state index contributed by atoms with van der Waals surface area (Å²) in [6.45, 7) is 0.987. The molecule has 1 aromatic rings. The molecular formula is C11H13NS. The summed E-state index contributed by atoms with van der Waals surface area (Å²) >= 11 is 0. The Morgan fingerprint density at radius 3 is 3.00 bits per heavy atom. The van der Waals surface area contributed by atoms with Crippen molar-refractivity contribution in [1.29, 1.82) is 0 Å². The Kier molecular flexibility index (Phi) is 2.34. The van der Waals surface area contributed by atoms with Crippen LogP contribution in [0.4, 0.5) is 0 Å². The van der Waals surface area contributed by atoms with Gasteiger partial charge in [-0.1, -0.05) is 46.9 Å². The predicted molar refractivity (Wildman–Crippen MR) is 61.1 cm³/mol. The molecule has 1 aliphatic rings. The smallest absolute Gasteiger partial charge is 0.0268 e. The van der Waals surface area contributed by atoms with Gasteiger partial charge in [0.1, 0.15) is 0 Å². The van der Waals surface area contributed by atoms with Gasteiger partial charge < -0.3 is 0 Å². The fourth-order valence-electron chi connectivity index (χ4n) is 1.42. The van der Waals surface area contributed by atoms with E-state index in [4.69, 9.17) is 0 Å². The van der Waals surface area contributed by atoms with E-state index in [0.717, 1.165) is 6.54 Å². The molecular weight excluding hydrogens is 178 g/mol. The topological polar surface area (TPSA) is 3.24 Å². The summed E-state index contributed by atoms with van der Waals surface area (Å²) in [5, 5.41) is 0. The lowest BCUT2D eigenvalue weighted by Crippen LogP contribution is -2.09. The average molecular weight is 191 g/mol. The second kappa shape index (κ2) is 3.48. The molecule has 1 unspecified atom stereocenters. The second-order valence-electron chi connectivity index (χ2n) is 3.12. The minimum Gasteiger partial charge on any atom is -0.252 e. The van der Waals surface area contributed by atoms with E-state index < -0.39 is 0 Å². The summed E-state index contributed by atoms with van der Waals surface area (Å²) in [5.74, 6) is 4.19. The third kappa shape index (κ3) is 1.60. The van der Waals surface area contributed by atoms with Crippen LogP contribution in [0.15, 0.2) is 35.2 Å². The van der Waals surface area contributed by atoms with E-state index >= 15 is 0 Å². The van der Waals surface area contributed by atoms with Crippen LogP contribution >= 0.6 is 10.7 Å². The van der Waals surface area contributed by atoms with Crippen LogP contribution in [0, 0.1) is 0 Å². The number of hydrogen-bond donors (Lipinski definition) is 0. The summed E-state index contributed by atoms with van der Waals surface area (Å²) in [4.78, 5) is 1.35. The van der Waals surface area contributed by atoms with Gasteiger partial charge in [0.15, 0.2) is 0 Å². The van der Waals surface area contributed by atoms with Crippen LogP contribution in [-0.2, 0) is 0 Å². The molecule has 0 aliphatic carbocycles. The maximum atomic E-state index is 4.19. The lowest BCUT2D eigenvalue weighted by molar-refractivity contribution is 0.637. The third-order valence-electron chi connectivity index (χ3n) is 2.21. The van der Waals surface area contributed by atoms with Gasteiger partial charge in [-0.25, -0.2) is 0 Å². The SMILES string of the molecule is C=S1c2ccccc2C=CCN1C. The molecule has 2 rings (SSSR count). The van der Waals surface area contributed by atoms with E-state index in [9.17, 15) is 0 Å². The van der Waals surface area contributed by atoms with Crippen molar-refractivity contribution in [1.82, 2.24) is 4.31 Å². The van der Waals surface area contributed by atoms with Crippen LogP contribution in [-0.4, -0.2) is 23.8 Å². The molecule has 1 heterocycles. The zero-order chi connectivity index (χ0) is 9.26. The van der Waals surface area contributed by atoms with E-state index in [1.54, 1.807) is 0 Å². The first kappa shape index (κ1) is 8.73. The standard InChI is InChI=1S/C11H13NS/c1-12-9-5-7-10-6-3-4-8-11(10)13(12)2/h3-8H,2,9H2,1H3. The molecule has 0 aromatic heterocycles. The molecule has 0 N–H and O–H groups in total. The molecule has 0 bridgehead atoms. The first-order valence-electron chi connectivity index (χ1n) is 4.30. The van der Waals surface area contributed by atoms with Gasteiger partial charge in [0.2, 0.25) is 0 Å². The highest BCUT2D eigenvalue weighted by atomic mass is 32.2. The van der Waals surface area contributed by atoms with E-state index in [1.807, 2.05) is 0 Å². The Hall–Kier alpha value is -0.860. The highest BCUT2D eigenvalue weighted by Crippen LogP contribution is 2.33. The van der Waals surface area contributed by atoms with Gasteiger partial charge in [0, 0.05) is 11.4 Å². The molecule has 1 aliphatic heterocycles. The van der Waals surface area contributed by atoms with Gasteiger partial charge >= 0.3 is 0 Å². The van der Waals surface area contributed by atoms with Crippen molar-refractivity contribution in [2.45, 2.75) is 4.90 Å². The predicted octanol–water partition coefficient (Wildman–Crippen LogP) is 2.62. The fourth-order valence-corrected chi connectivity index (χ4v) is 2.66. The first-order valence-corrected chi connectivity index (χ1v) is 5.65. The van der Waals surface area contributed by atoms with Crippen LogP contribution < -0.4 is 0 Å².